The van der Waals surface area contributed by atoms with Gasteiger partial charge in [0.15, 0.2) is 0 Å². The molecule has 0 saturated carbocycles. The number of nitrogens with one attached hydrogen (secondary N) is 2. The van der Waals surface area contributed by atoms with Crippen molar-refractivity contribution in [3.63, 3.8) is 0 Å². The van der Waals surface area contributed by atoms with Crippen molar-refractivity contribution in [1.82, 2.24) is 39.7 Å². The Morgan fingerprint density at radius 1 is 1.05 bits per heavy atom. The van der Waals surface area contributed by atoms with Gasteiger partial charge in [-0.25, -0.2) is 22.8 Å². The number of tetrazole rings is 1. The molecule has 0 radical (unpaired) electrons. The van der Waals surface area contributed by atoms with Crippen LogP contribution in [-0.2, 0) is 24.3 Å². The van der Waals surface area contributed by atoms with E-state index < -0.39 is 34.3 Å². The topological polar surface area (TPSA) is 177 Å². The van der Waals surface area contributed by atoms with E-state index in [0.717, 1.165) is 5.69 Å². The van der Waals surface area contributed by atoms with Gasteiger partial charge in [0, 0.05) is 12.6 Å². The fraction of sp³-hybridized carbons (Fsp3) is 0.304. The van der Waals surface area contributed by atoms with E-state index in [9.17, 15) is 13.2 Å². The smallest absolute Gasteiger partial charge is 0.341 e. The molecular weight excluding hydrogens is 530 g/mol. The van der Waals surface area contributed by atoms with Gasteiger partial charge in [-0.3, -0.25) is 4.79 Å². The van der Waals surface area contributed by atoms with Crippen LogP contribution in [-0.4, -0.2) is 80.8 Å². The summed E-state index contributed by atoms with van der Waals surface area (Å²) >= 11 is 0. The second-order valence-electron chi connectivity index (χ2n) is 8.94. The van der Waals surface area contributed by atoms with Gasteiger partial charge in [-0.2, -0.15) is 9.78 Å². The van der Waals surface area contributed by atoms with Crippen molar-refractivity contribution >= 4 is 21.6 Å². The number of sulfonamides is 1. The van der Waals surface area contributed by atoms with Crippen LogP contribution in [0.15, 0.2) is 66.1 Å². The first-order valence-corrected chi connectivity index (χ1v) is 13.4. The lowest BCUT2D eigenvalue weighted by Gasteiger charge is -2.18. The Morgan fingerprint density at radius 3 is 2.54 bits per heavy atom. The summed E-state index contributed by atoms with van der Waals surface area (Å²) < 4.78 is 49.6. The molecule has 0 bridgehead atoms. The first-order valence-electron chi connectivity index (χ1n) is 11.9. The molecule has 2 fully saturated rings. The average molecular weight is 554 g/mol. The Morgan fingerprint density at radius 2 is 1.82 bits per heavy atom. The fourth-order valence-corrected chi connectivity index (χ4v) is 5.78. The second-order valence-corrected chi connectivity index (χ2v) is 10.7. The van der Waals surface area contributed by atoms with Crippen LogP contribution in [0.1, 0.15) is 13.0 Å². The van der Waals surface area contributed by atoms with Crippen LogP contribution in [0.4, 0.5) is 5.69 Å². The summed E-state index contributed by atoms with van der Waals surface area (Å²) in [6, 6.07) is 12.1. The standard InChI is InChI=1S/C23H23N9O6S/c1-14(33)26-15-2-8-18(9-3-15)39(34,35)28-19-10-36-22-20(11-37-21(19)22)32-23(27-29-30-32)38-17-6-4-16(5-7-17)31-13-24-12-25-31/h2-9,12-13,19-22,28H,10-11H2,1H3,(H,26,33)/t19-,20-,21+,22+/m0/s1. The molecule has 2 aliphatic rings. The largest absolute Gasteiger partial charge is 0.423 e. The molecule has 16 heteroatoms. The molecule has 39 heavy (non-hydrogen) atoms. The number of amides is 1. The Balaban J connectivity index is 1.12. The van der Waals surface area contributed by atoms with Crippen LogP contribution in [0.3, 0.4) is 0 Å². The zero-order chi connectivity index (χ0) is 27.0. The molecule has 4 heterocycles. The van der Waals surface area contributed by atoms with E-state index in [1.807, 2.05) is 12.1 Å². The van der Waals surface area contributed by atoms with Gasteiger partial charge in [0.25, 0.3) is 0 Å². The molecule has 6 rings (SSSR count). The zero-order valence-electron chi connectivity index (χ0n) is 20.5. The molecule has 4 aromatic rings. The van der Waals surface area contributed by atoms with Gasteiger partial charge in [0.2, 0.25) is 15.9 Å². The molecule has 0 aliphatic carbocycles. The van der Waals surface area contributed by atoms with Crippen LogP contribution < -0.4 is 14.8 Å². The summed E-state index contributed by atoms with van der Waals surface area (Å²) in [6.45, 7) is 1.68. The van der Waals surface area contributed by atoms with Gasteiger partial charge in [-0.05, 0) is 59.0 Å². The number of hydrogen-bond donors (Lipinski definition) is 2. The first-order chi connectivity index (χ1) is 18.9. The fourth-order valence-electron chi connectivity index (χ4n) is 4.55. The minimum absolute atomic E-state index is 0.0561. The number of rotatable bonds is 8. The summed E-state index contributed by atoms with van der Waals surface area (Å²) in [5.41, 5.74) is 1.31. The summed E-state index contributed by atoms with van der Waals surface area (Å²) in [5.74, 6) is 0.260. The molecule has 2 aliphatic heterocycles. The number of nitrogens with zero attached hydrogens (tertiary/aromatic N) is 7. The van der Waals surface area contributed by atoms with Crippen molar-refractivity contribution in [1.29, 1.82) is 0 Å². The maximum absolute atomic E-state index is 13.0. The third-order valence-corrected chi connectivity index (χ3v) is 7.83. The predicted molar refractivity (Wildman–Crippen MR) is 133 cm³/mol. The number of aromatic nitrogens is 7. The summed E-state index contributed by atoms with van der Waals surface area (Å²) in [6.07, 6.45) is 1.98. The number of hydrogen-bond acceptors (Lipinski definition) is 11. The number of carbonyl (C=O) groups is 1. The predicted octanol–water partition coefficient (Wildman–Crippen LogP) is 0.690. The first kappa shape index (κ1) is 25.1. The normalized spacial score (nSPS) is 22.5. The molecule has 0 spiro atoms. The van der Waals surface area contributed by atoms with E-state index in [1.54, 1.807) is 23.1 Å². The van der Waals surface area contributed by atoms with E-state index in [-0.39, 0.29) is 30.0 Å². The lowest BCUT2D eigenvalue weighted by molar-refractivity contribution is -0.114. The second kappa shape index (κ2) is 10.1. The summed E-state index contributed by atoms with van der Waals surface area (Å²) in [5, 5.41) is 18.5. The minimum Gasteiger partial charge on any atom is -0.423 e. The molecule has 2 saturated heterocycles. The van der Waals surface area contributed by atoms with Crippen LogP contribution in [0, 0.1) is 0 Å². The maximum Gasteiger partial charge on any atom is 0.341 e. The summed E-state index contributed by atoms with van der Waals surface area (Å²) in [7, 11) is -3.87. The number of ether oxygens (including phenoxy) is 3. The molecule has 2 N–H and O–H groups in total. The van der Waals surface area contributed by atoms with E-state index in [4.69, 9.17) is 14.2 Å². The molecule has 2 aromatic carbocycles. The van der Waals surface area contributed by atoms with E-state index in [2.05, 4.69) is 35.6 Å². The van der Waals surface area contributed by atoms with Crippen molar-refractivity contribution in [3.8, 4) is 17.4 Å². The quantitative estimate of drug-likeness (QED) is 0.314. The van der Waals surface area contributed by atoms with E-state index >= 15 is 0 Å². The molecule has 4 atom stereocenters. The van der Waals surface area contributed by atoms with Gasteiger partial charge in [0.1, 0.15) is 36.7 Å². The lowest BCUT2D eigenvalue weighted by atomic mass is 10.1. The van der Waals surface area contributed by atoms with Crippen molar-refractivity contribution in [3.05, 3.63) is 61.2 Å². The number of anilines is 1. The highest BCUT2D eigenvalue weighted by molar-refractivity contribution is 7.89. The number of benzene rings is 2. The Labute approximate surface area is 222 Å². The highest BCUT2D eigenvalue weighted by Gasteiger charge is 2.50. The molecular formula is C23H23N9O6S. The Bertz CT molecular complexity index is 1560. The zero-order valence-corrected chi connectivity index (χ0v) is 21.3. The molecule has 2 aromatic heterocycles. The van der Waals surface area contributed by atoms with Gasteiger partial charge < -0.3 is 19.5 Å². The Hall–Kier alpha value is -4.25. The SMILES string of the molecule is CC(=O)Nc1ccc(S(=O)(=O)N[C@H]2CO[C@H]3[C@@H]2OC[C@@H]3n2nnnc2Oc2ccc(-n3cncn3)cc2)cc1. The number of fused-ring (bicyclic) bond motifs is 1. The minimum atomic E-state index is -3.87. The van der Waals surface area contributed by atoms with Crippen molar-refractivity contribution in [2.24, 2.45) is 0 Å². The van der Waals surface area contributed by atoms with Crippen LogP contribution in [0.25, 0.3) is 5.69 Å². The Kier molecular flexibility index (Phi) is 6.51. The van der Waals surface area contributed by atoms with Crippen molar-refractivity contribution in [2.75, 3.05) is 18.5 Å². The molecule has 202 valence electrons. The van der Waals surface area contributed by atoms with Crippen LogP contribution in [0.5, 0.6) is 11.8 Å². The van der Waals surface area contributed by atoms with Crippen molar-refractivity contribution < 1.29 is 27.4 Å². The summed E-state index contributed by atoms with van der Waals surface area (Å²) in [4.78, 5) is 15.2. The van der Waals surface area contributed by atoms with Gasteiger partial charge in [-0.15, -0.1) is 0 Å². The van der Waals surface area contributed by atoms with Gasteiger partial charge in [0.05, 0.1) is 29.8 Å². The third kappa shape index (κ3) is 5.09. The third-order valence-electron chi connectivity index (χ3n) is 6.32. The van der Waals surface area contributed by atoms with Crippen LogP contribution >= 0.6 is 0 Å². The highest BCUT2D eigenvalue weighted by Crippen LogP contribution is 2.36. The maximum atomic E-state index is 13.0. The monoisotopic (exact) mass is 553 g/mol. The highest BCUT2D eigenvalue weighted by atomic mass is 32.2. The lowest BCUT2D eigenvalue weighted by Crippen LogP contribution is -2.44. The van der Waals surface area contributed by atoms with Crippen LogP contribution in [0.2, 0.25) is 0 Å². The molecule has 1 amide bonds. The van der Waals surface area contributed by atoms with Gasteiger partial charge >= 0.3 is 6.01 Å². The average Bonchev–Trinajstić information content (AvgIpc) is 3.72. The van der Waals surface area contributed by atoms with E-state index in [1.165, 1.54) is 42.2 Å². The molecule has 15 nitrogen and oxygen atoms in total. The van der Waals surface area contributed by atoms with Gasteiger partial charge in [-0.1, -0.05) is 5.10 Å². The molecule has 0 unspecified atom stereocenters. The van der Waals surface area contributed by atoms with E-state index in [0.29, 0.717) is 11.4 Å². The number of carbonyl (C=O) groups excluding carboxylic acids is 1. The van der Waals surface area contributed by atoms with Crippen molar-refractivity contribution in [2.45, 2.75) is 36.1 Å².